The van der Waals surface area contributed by atoms with E-state index in [2.05, 4.69) is 15.9 Å². The van der Waals surface area contributed by atoms with E-state index in [4.69, 9.17) is 18.9 Å². The summed E-state index contributed by atoms with van der Waals surface area (Å²) in [5.74, 6) is -0.160. The molecule has 3 unspecified atom stereocenters. The minimum Gasteiger partial charge on any atom is -0.496 e. The maximum atomic E-state index is 14.0. The van der Waals surface area contributed by atoms with E-state index < -0.39 is 12.1 Å². The third-order valence-corrected chi connectivity index (χ3v) is 10.0. The minimum absolute atomic E-state index is 0.0277. The van der Waals surface area contributed by atoms with Crippen LogP contribution in [0.25, 0.3) is 0 Å². The van der Waals surface area contributed by atoms with Crippen molar-refractivity contribution in [3.63, 3.8) is 0 Å². The number of hydrogen-bond acceptors (Lipinski definition) is 8. The van der Waals surface area contributed by atoms with Gasteiger partial charge in [-0.05, 0) is 50.1 Å². The smallest absolute Gasteiger partial charge is 0.338 e. The highest BCUT2D eigenvalue weighted by atomic mass is 79.9. The van der Waals surface area contributed by atoms with Gasteiger partial charge in [-0.15, -0.1) is 0 Å². The lowest BCUT2D eigenvalue weighted by atomic mass is 10.0. The fourth-order valence-corrected chi connectivity index (χ4v) is 6.99. The van der Waals surface area contributed by atoms with E-state index in [0.29, 0.717) is 40.8 Å². The molecule has 0 aromatic heterocycles. The van der Waals surface area contributed by atoms with Crippen molar-refractivity contribution in [2.45, 2.75) is 43.1 Å². The highest BCUT2D eigenvalue weighted by Crippen LogP contribution is 2.47. The monoisotopic (exact) mass is 660 g/mol. The van der Waals surface area contributed by atoms with Gasteiger partial charge in [-0.2, -0.15) is 0 Å². The van der Waals surface area contributed by atoms with Crippen LogP contribution in [0.15, 0.2) is 59.1 Å². The van der Waals surface area contributed by atoms with Crippen LogP contribution < -0.4 is 9.64 Å². The topological polar surface area (TPSA) is 94.6 Å². The summed E-state index contributed by atoms with van der Waals surface area (Å²) in [5.41, 5.74) is 2.38. The van der Waals surface area contributed by atoms with Crippen LogP contribution in [0.5, 0.6) is 5.75 Å². The predicted molar refractivity (Wildman–Crippen MR) is 166 cm³/mol. The molecule has 42 heavy (non-hydrogen) atoms. The number of carbonyl (C=O) groups excluding carboxylic acids is 3. The van der Waals surface area contributed by atoms with Crippen LogP contribution in [0, 0.1) is 5.92 Å². The number of nitrogens with zero attached hydrogens (tertiary/aromatic N) is 2. The molecule has 0 radical (unpaired) electrons. The average molecular weight is 662 g/mol. The number of thioether (sulfide) groups is 1. The van der Waals surface area contributed by atoms with Crippen LogP contribution in [-0.4, -0.2) is 74.0 Å². The zero-order valence-electron chi connectivity index (χ0n) is 24.3. The number of anilines is 1. The standard InChI is InChI=1S/C31H37BrN2O7S/c1-5-40-31(37)21-10-12-22(13-11-21)33(3)29(36)27-20(2)28(32)42-30(27)34(19-35)18-26(41-23-14-16-39-17-15-23)24-8-6-7-9-25(24)38-4/h6-13,19-20,23,26,28H,5,14-18H2,1-4H3. The SMILES string of the molecule is CCOC(=O)c1ccc(N(C)C(=O)C2=C(N(C=O)CC(OC3CCOCC3)c3ccccc3OC)SC(Br)C2C)cc1. The third kappa shape index (κ3) is 7.37. The Morgan fingerprint density at radius 1 is 1.14 bits per heavy atom. The number of esters is 1. The average Bonchev–Trinajstić information content (AvgIpc) is 3.32. The van der Waals surface area contributed by atoms with E-state index in [1.165, 1.54) is 16.7 Å². The molecule has 3 atom stereocenters. The van der Waals surface area contributed by atoms with Crippen molar-refractivity contribution in [1.82, 2.24) is 4.90 Å². The molecule has 11 heteroatoms. The maximum absolute atomic E-state index is 14.0. The summed E-state index contributed by atoms with van der Waals surface area (Å²) in [5, 5.41) is 0.579. The van der Waals surface area contributed by atoms with Gasteiger partial charge >= 0.3 is 5.97 Å². The van der Waals surface area contributed by atoms with Crippen LogP contribution in [0.3, 0.4) is 0 Å². The van der Waals surface area contributed by atoms with E-state index in [9.17, 15) is 14.4 Å². The maximum Gasteiger partial charge on any atom is 0.338 e. The number of benzene rings is 2. The zero-order valence-corrected chi connectivity index (χ0v) is 26.7. The molecule has 0 aliphatic carbocycles. The summed E-state index contributed by atoms with van der Waals surface area (Å²) in [6, 6.07) is 14.3. The first kappa shape index (κ1) is 32.1. The largest absolute Gasteiger partial charge is 0.496 e. The van der Waals surface area contributed by atoms with E-state index in [1.807, 2.05) is 31.2 Å². The Hall–Kier alpha value is -2.86. The number of amides is 2. The number of likely N-dealkylation sites (N-methyl/N-ethyl adjacent to an activating group) is 1. The quantitative estimate of drug-likeness (QED) is 0.166. The second kappa shape index (κ2) is 15.0. The molecule has 2 aliphatic heterocycles. The third-order valence-electron chi connectivity index (χ3n) is 7.37. The normalized spacial score (nSPS) is 19.7. The van der Waals surface area contributed by atoms with Gasteiger partial charge in [0.2, 0.25) is 6.41 Å². The lowest BCUT2D eigenvalue weighted by Gasteiger charge is -2.32. The summed E-state index contributed by atoms with van der Waals surface area (Å²) >= 11 is 5.14. The Morgan fingerprint density at radius 3 is 2.48 bits per heavy atom. The number of halogens is 1. The molecule has 4 rings (SSSR count). The Bertz CT molecular complexity index is 1280. The van der Waals surface area contributed by atoms with Crippen LogP contribution in [0.1, 0.15) is 48.7 Å². The lowest BCUT2D eigenvalue weighted by molar-refractivity contribution is -0.120. The Labute approximate surface area is 259 Å². The van der Waals surface area contributed by atoms with E-state index in [1.54, 1.807) is 50.2 Å². The van der Waals surface area contributed by atoms with E-state index in [-0.39, 0.29) is 35.2 Å². The number of rotatable bonds is 12. The van der Waals surface area contributed by atoms with Gasteiger partial charge in [0.1, 0.15) is 11.9 Å². The van der Waals surface area contributed by atoms with Crippen molar-refractivity contribution in [1.29, 1.82) is 0 Å². The summed E-state index contributed by atoms with van der Waals surface area (Å²) < 4.78 is 22.7. The Morgan fingerprint density at radius 2 is 1.83 bits per heavy atom. The first-order valence-electron chi connectivity index (χ1n) is 14.0. The molecule has 0 bridgehead atoms. The van der Waals surface area contributed by atoms with Gasteiger partial charge in [0, 0.05) is 37.4 Å². The minimum atomic E-state index is -0.489. The van der Waals surface area contributed by atoms with Gasteiger partial charge in [0.05, 0.1) is 46.7 Å². The summed E-state index contributed by atoms with van der Waals surface area (Å²) in [6.07, 6.45) is 1.76. The van der Waals surface area contributed by atoms with E-state index in [0.717, 1.165) is 24.8 Å². The van der Waals surface area contributed by atoms with Crippen LogP contribution in [0.4, 0.5) is 5.69 Å². The van der Waals surface area contributed by atoms with Gasteiger partial charge < -0.3 is 28.7 Å². The van der Waals surface area contributed by atoms with Gasteiger partial charge in [0.15, 0.2) is 0 Å². The van der Waals surface area contributed by atoms with Crippen molar-refractivity contribution < 1.29 is 33.3 Å². The first-order chi connectivity index (χ1) is 20.3. The Kier molecular flexibility index (Phi) is 11.5. The number of alkyl halides is 1. The van der Waals surface area contributed by atoms with Gasteiger partial charge in [-0.1, -0.05) is 52.8 Å². The number of hydrogen-bond donors (Lipinski definition) is 0. The summed E-state index contributed by atoms with van der Waals surface area (Å²) in [7, 11) is 3.29. The molecule has 0 saturated carbocycles. The molecule has 9 nitrogen and oxygen atoms in total. The van der Waals surface area contributed by atoms with Gasteiger partial charge in [0.25, 0.3) is 5.91 Å². The molecule has 2 aliphatic rings. The van der Waals surface area contributed by atoms with Crippen molar-refractivity contribution in [3.05, 3.63) is 70.3 Å². The van der Waals surface area contributed by atoms with Gasteiger partial charge in [-0.25, -0.2) is 4.79 Å². The molecule has 0 N–H and O–H groups in total. The van der Waals surface area contributed by atoms with Crippen molar-refractivity contribution in [3.8, 4) is 5.75 Å². The lowest BCUT2D eigenvalue weighted by Crippen LogP contribution is -2.34. The van der Waals surface area contributed by atoms with Gasteiger partial charge in [-0.3, -0.25) is 9.59 Å². The molecule has 0 spiro atoms. The second-order valence-electron chi connectivity index (χ2n) is 10.0. The molecule has 2 aromatic carbocycles. The van der Waals surface area contributed by atoms with Crippen LogP contribution in [-0.2, 0) is 23.8 Å². The molecule has 226 valence electrons. The predicted octanol–water partition coefficient (Wildman–Crippen LogP) is 5.55. The van der Waals surface area contributed by atoms with Crippen molar-refractivity contribution in [2.75, 3.05) is 45.4 Å². The number of methoxy groups -OCH3 is 1. The number of ether oxygens (including phenoxy) is 4. The highest BCUT2D eigenvalue weighted by molar-refractivity contribution is 9.11. The molecular formula is C31H37BrN2O7S. The first-order valence-corrected chi connectivity index (χ1v) is 15.8. The number of para-hydroxylation sites is 1. The molecule has 2 aromatic rings. The van der Waals surface area contributed by atoms with E-state index >= 15 is 0 Å². The molecule has 1 saturated heterocycles. The molecule has 2 amide bonds. The fourth-order valence-electron chi connectivity index (χ4n) is 4.98. The molecular weight excluding hydrogens is 624 g/mol. The van der Waals surface area contributed by atoms with Crippen molar-refractivity contribution >= 4 is 51.7 Å². The molecule has 2 heterocycles. The van der Waals surface area contributed by atoms with Crippen LogP contribution in [0.2, 0.25) is 0 Å². The summed E-state index contributed by atoms with van der Waals surface area (Å²) in [6.45, 7) is 5.44. The second-order valence-corrected chi connectivity index (χ2v) is 12.8. The van der Waals surface area contributed by atoms with Crippen LogP contribution >= 0.6 is 27.7 Å². The highest BCUT2D eigenvalue weighted by Gasteiger charge is 2.40. The van der Waals surface area contributed by atoms with Crippen molar-refractivity contribution in [2.24, 2.45) is 5.92 Å². The zero-order chi connectivity index (χ0) is 30.2. The summed E-state index contributed by atoms with van der Waals surface area (Å²) in [4.78, 5) is 41.8. The fraction of sp³-hybridized carbons (Fsp3) is 0.452. The molecule has 1 fully saturated rings. The number of carbonyl (C=O) groups is 3. The Balaban J connectivity index is 1.64.